The van der Waals surface area contributed by atoms with Crippen LogP contribution in [0.25, 0.3) is 0 Å². The normalized spacial score (nSPS) is 17.4. The number of carboxylic acid groups (broad SMARTS) is 1. The van der Waals surface area contributed by atoms with E-state index >= 15 is 0 Å². The molecule has 2 rings (SSSR count). The molecular formula is C13H16ClNO4S2. The number of rotatable bonds is 6. The number of thioether (sulfide) groups is 1. The molecule has 2 N–H and O–H groups in total. The molecule has 0 radical (unpaired) electrons. The Labute approximate surface area is 136 Å². The molecule has 8 heteroatoms. The first-order chi connectivity index (χ1) is 10.0. The fourth-order valence-electron chi connectivity index (χ4n) is 2.09. The Balaban J connectivity index is 1.81. The van der Waals surface area contributed by atoms with E-state index < -0.39 is 11.5 Å². The van der Waals surface area contributed by atoms with Gasteiger partial charge in [0.1, 0.15) is 5.54 Å². The summed E-state index contributed by atoms with van der Waals surface area (Å²) in [7, 11) is 0. The first kappa shape index (κ1) is 16.6. The molecule has 1 fully saturated rings. The molecule has 5 nitrogen and oxygen atoms in total. The van der Waals surface area contributed by atoms with E-state index in [4.69, 9.17) is 16.3 Å². The van der Waals surface area contributed by atoms with Crippen LogP contribution in [0.2, 0.25) is 4.34 Å². The van der Waals surface area contributed by atoms with Crippen molar-refractivity contribution in [1.82, 2.24) is 5.32 Å². The van der Waals surface area contributed by atoms with E-state index in [0.717, 1.165) is 9.21 Å². The monoisotopic (exact) mass is 349 g/mol. The molecule has 1 aromatic rings. The van der Waals surface area contributed by atoms with Gasteiger partial charge in [-0.25, -0.2) is 4.79 Å². The molecule has 0 unspecified atom stereocenters. The van der Waals surface area contributed by atoms with Gasteiger partial charge in [0.05, 0.1) is 10.1 Å². The van der Waals surface area contributed by atoms with Gasteiger partial charge in [-0.1, -0.05) is 11.6 Å². The number of hydrogen-bond acceptors (Lipinski definition) is 5. The molecule has 1 amide bonds. The number of halogens is 1. The average molecular weight is 350 g/mol. The molecule has 0 aliphatic carbocycles. The lowest BCUT2D eigenvalue weighted by molar-refractivity contribution is -0.151. The third kappa shape index (κ3) is 4.60. The largest absolute Gasteiger partial charge is 0.480 e. The summed E-state index contributed by atoms with van der Waals surface area (Å²) in [6, 6.07) is 3.75. The van der Waals surface area contributed by atoms with Crippen LogP contribution in [-0.4, -0.2) is 41.5 Å². The van der Waals surface area contributed by atoms with Crippen LogP contribution in [0.1, 0.15) is 17.7 Å². The van der Waals surface area contributed by atoms with E-state index in [-0.39, 0.29) is 11.7 Å². The van der Waals surface area contributed by atoms with Gasteiger partial charge in [-0.3, -0.25) is 4.79 Å². The molecule has 116 valence electrons. The minimum atomic E-state index is -1.18. The number of carboxylic acids is 1. The molecule has 0 aromatic carbocycles. The first-order valence-electron chi connectivity index (χ1n) is 6.46. The molecular weight excluding hydrogens is 334 g/mol. The van der Waals surface area contributed by atoms with Crippen LogP contribution in [0.5, 0.6) is 0 Å². The van der Waals surface area contributed by atoms with Gasteiger partial charge < -0.3 is 15.2 Å². The molecule has 1 aliphatic heterocycles. The molecule has 1 aromatic heterocycles. The van der Waals surface area contributed by atoms with Gasteiger partial charge in [-0.15, -0.1) is 23.1 Å². The topological polar surface area (TPSA) is 75.6 Å². The summed E-state index contributed by atoms with van der Waals surface area (Å²) in [6.07, 6.45) is 0.610. The predicted molar refractivity (Wildman–Crippen MR) is 84.1 cm³/mol. The van der Waals surface area contributed by atoms with Gasteiger partial charge in [0.15, 0.2) is 0 Å². The predicted octanol–water partition coefficient (Wildman–Crippen LogP) is 2.38. The highest BCUT2D eigenvalue weighted by Crippen LogP contribution is 2.25. The molecule has 1 aliphatic rings. The van der Waals surface area contributed by atoms with Crippen LogP contribution in [0, 0.1) is 0 Å². The van der Waals surface area contributed by atoms with E-state index in [1.165, 1.54) is 23.1 Å². The van der Waals surface area contributed by atoms with E-state index in [2.05, 4.69) is 5.32 Å². The minimum absolute atomic E-state index is 0.228. The second kappa shape index (κ2) is 7.49. The van der Waals surface area contributed by atoms with Crippen LogP contribution in [0.4, 0.5) is 0 Å². The van der Waals surface area contributed by atoms with E-state index in [9.17, 15) is 14.7 Å². The number of carbonyl (C=O) groups excluding carboxylic acids is 1. The molecule has 2 heterocycles. The van der Waals surface area contributed by atoms with Crippen molar-refractivity contribution in [2.24, 2.45) is 0 Å². The Morgan fingerprint density at radius 3 is 2.71 bits per heavy atom. The van der Waals surface area contributed by atoms with Crippen LogP contribution in [0.15, 0.2) is 12.1 Å². The summed E-state index contributed by atoms with van der Waals surface area (Å²) in [5.41, 5.74) is -1.18. The SMILES string of the molecule is O=C(CSCc1ccc(Cl)s1)NC1(C(=O)O)CCOCC1. The smallest absolute Gasteiger partial charge is 0.329 e. The van der Waals surface area contributed by atoms with Gasteiger partial charge in [-0.2, -0.15) is 0 Å². The Bertz CT molecular complexity index is 514. The number of nitrogens with one attached hydrogen (secondary N) is 1. The first-order valence-corrected chi connectivity index (χ1v) is 8.81. The maximum absolute atomic E-state index is 12.0. The summed E-state index contributed by atoms with van der Waals surface area (Å²) in [6.45, 7) is 0.709. The van der Waals surface area contributed by atoms with Gasteiger partial charge in [0.25, 0.3) is 0 Å². The number of ether oxygens (including phenoxy) is 1. The van der Waals surface area contributed by atoms with Crippen molar-refractivity contribution < 1.29 is 19.4 Å². The highest BCUT2D eigenvalue weighted by atomic mass is 35.5. The molecule has 0 atom stereocenters. The van der Waals surface area contributed by atoms with Gasteiger partial charge >= 0.3 is 5.97 Å². The third-order valence-corrected chi connectivity index (χ3v) is 5.64. The van der Waals surface area contributed by atoms with Gasteiger partial charge in [0, 0.05) is 36.7 Å². The summed E-state index contributed by atoms with van der Waals surface area (Å²) >= 11 is 8.76. The summed E-state index contributed by atoms with van der Waals surface area (Å²) in [5.74, 6) is -0.333. The van der Waals surface area contributed by atoms with Crippen LogP contribution < -0.4 is 5.32 Å². The van der Waals surface area contributed by atoms with Crippen molar-refractivity contribution in [2.45, 2.75) is 24.1 Å². The Kier molecular flexibility index (Phi) is 5.92. The minimum Gasteiger partial charge on any atom is -0.480 e. The average Bonchev–Trinajstić information content (AvgIpc) is 2.85. The second-order valence-electron chi connectivity index (χ2n) is 4.75. The van der Waals surface area contributed by atoms with Crippen molar-refractivity contribution in [3.63, 3.8) is 0 Å². The van der Waals surface area contributed by atoms with Crippen LogP contribution in [-0.2, 0) is 20.1 Å². The highest BCUT2D eigenvalue weighted by Gasteiger charge is 2.41. The lowest BCUT2D eigenvalue weighted by Crippen LogP contribution is -2.57. The molecule has 0 bridgehead atoms. The number of thiophene rings is 1. The lowest BCUT2D eigenvalue weighted by Gasteiger charge is -2.33. The number of amides is 1. The van der Waals surface area contributed by atoms with Crippen molar-refractivity contribution in [3.05, 3.63) is 21.3 Å². The Morgan fingerprint density at radius 1 is 1.43 bits per heavy atom. The van der Waals surface area contributed by atoms with Crippen LogP contribution in [0.3, 0.4) is 0 Å². The van der Waals surface area contributed by atoms with Gasteiger partial charge in [0.2, 0.25) is 5.91 Å². The lowest BCUT2D eigenvalue weighted by atomic mass is 9.90. The third-order valence-electron chi connectivity index (χ3n) is 3.24. The zero-order chi connectivity index (χ0) is 15.3. The standard InChI is InChI=1S/C13H16ClNO4S2/c14-10-2-1-9(21-10)7-20-8-11(16)15-13(12(17)18)3-5-19-6-4-13/h1-2H,3-8H2,(H,15,16)(H,17,18). The molecule has 0 saturated carbocycles. The summed E-state index contributed by atoms with van der Waals surface area (Å²) in [5, 5.41) is 12.0. The van der Waals surface area contributed by atoms with Crippen LogP contribution >= 0.6 is 34.7 Å². The summed E-state index contributed by atoms with van der Waals surface area (Å²) < 4.78 is 5.89. The number of hydrogen-bond donors (Lipinski definition) is 2. The van der Waals surface area contributed by atoms with E-state index in [1.54, 1.807) is 0 Å². The summed E-state index contributed by atoms with van der Waals surface area (Å²) in [4.78, 5) is 24.5. The van der Waals surface area contributed by atoms with Crippen molar-refractivity contribution >= 4 is 46.6 Å². The number of aliphatic carboxylic acids is 1. The molecule has 0 spiro atoms. The fraction of sp³-hybridized carbons (Fsp3) is 0.538. The Hall–Kier alpha value is -0.760. The van der Waals surface area contributed by atoms with Crippen molar-refractivity contribution in [3.8, 4) is 0 Å². The van der Waals surface area contributed by atoms with E-state index in [1.807, 2.05) is 12.1 Å². The highest BCUT2D eigenvalue weighted by molar-refractivity contribution is 7.99. The Morgan fingerprint density at radius 2 is 2.14 bits per heavy atom. The maximum atomic E-state index is 12.0. The fourth-order valence-corrected chi connectivity index (χ4v) is 4.11. The molecule has 1 saturated heterocycles. The molecule has 21 heavy (non-hydrogen) atoms. The number of carbonyl (C=O) groups is 2. The van der Waals surface area contributed by atoms with Crippen molar-refractivity contribution in [1.29, 1.82) is 0 Å². The van der Waals surface area contributed by atoms with E-state index in [0.29, 0.717) is 31.8 Å². The zero-order valence-electron chi connectivity index (χ0n) is 11.3. The van der Waals surface area contributed by atoms with Gasteiger partial charge in [-0.05, 0) is 12.1 Å². The maximum Gasteiger partial charge on any atom is 0.329 e. The second-order valence-corrected chi connectivity index (χ2v) is 7.53. The quantitative estimate of drug-likeness (QED) is 0.824. The van der Waals surface area contributed by atoms with Crippen molar-refractivity contribution in [2.75, 3.05) is 19.0 Å². The zero-order valence-corrected chi connectivity index (χ0v) is 13.7.